The van der Waals surface area contributed by atoms with Crippen molar-refractivity contribution < 1.29 is 5.11 Å². The Morgan fingerprint density at radius 3 is 2.43 bits per heavy atom. The van der Waals surface area contributed by atoms with Gasteiger partial charge in [0.25, 0.3) is 0 Å². The molecule has 4 heteroatoms. The second kappa shape index (κ2) is 5.25. The molecule has 2 aromatic heterocycles. The molecular formula is C19H15N3O. The largest absolute Gasteiger partial charge is 0.508 e. The standard InChI is InChI=1S/C19H15N3O/c1-22-12-18(19(21-22)13-6-8-20-9-7-13)16-3-2-15-11-17(23)5-4-14(15)10-16/h2-12,23H,1H3. The summed E-state index contributed by atoms with van der Waals surface area (Å²) >= 11 is 0. The van der Waals surface area contributed by atoms with Gasteiger partial charge in [-0.15, -0.1) is 0 Å². The summed E-state index contributed by atoms with van der Waals surface area (Å²) in [7, 11) is 1.92. The molecule has 0 radical (unpaired) electrons. The van der Waals surface area contributed by atoms with Crippen molar-refractivity contribution in [1.29, 1.82) is 0 Å². The summed E-state index contributed by atoms with van der Waals surface area (Å²) in [5, 5.41) is 16.3. The highest BCUT2D eigenvalue weighted by molar-refractivity contribution is 5.90. The number of hydrogen-bond acceptors (Lipinski definition) is 3. The van der Waals surface area contributed by atoms with E-state index < -0.39 is 0 Å². The maximum absolute atomic E-state index is 9.59. The lowest BCUT2D eigenvalue weighted by Gasteiger charge is -2.05. The van der Waals surface area contributed by atoms with Crippen LogP contribution in [-0.2, 0) is 7.05 Å². The van der Waals surface area contributed by atoms with Gasteiger partial charge in [-0.05, 0) is 46.7 Å². The lowest BCUT2D eigenvalue weighted by molar-refractivity contribution is 0.476. The summed E-state index contributed by atoms with van der Waals surface area (Å²) in [5.41, 5.74) is 4.16. The Morgan fingerprint density at radius 1 is 0.870 bits per heavy atom. The molecule has 0 fully saturated rings. The van der Waals surface area contributed by atoms with Gasteiger partial charge in [-0.2, -0.15) is 5.10 Å². The second-order valence-electron chi connectivity index (χ2n) is 5.55. The zero-order valence-electron chi connectivity index (χ0n) is 12.6. The van der Waals surface area contributed by atoms with Crippen LogP contribution in [0.5, 0.6) is 5.75 Å². The second-order valence-corrected chi connectivity index (χ2v) is 5.55. The fourth-order valence-corrected chi connectivity index (χ4v) is 2.82. The molecule has 0 spiro atoms. The minimum absolute atomic E-state index is 0.282. The maximum Gasteiger partial charge on any atom is 0.116 e. The Hall–Kier alpha value is -3.14. The molecule has 2 heterocycles. The van der Waals surface area contributed by atoms with Crippen molar-refractivity contribution in [3.8, 4) is 28.1 Å². The van der Waals surface area contributed by atoms with Crippen LogP contribution in [0.2, 0.25) is 0 Å². The van der Waals surface area contributed by atoms with Crippen molar-refractivity contribution >= 4 is 10.8 Å². The summed E-state index contributed by atoms with van der Waals surface area (Å²) in [5.74, 6) is 0.282. The van der Waals surface area contributed by atoms with Gasteiger partial charge in [0.2, 0.25) is 0 Å². The molecule has 0 amide bonds. The van der Waals surface area contributed by atoms with Crippen molar-refractivity contribution in [2.75, 3.05) is 0 Å². The number of aromatic nitrogens is 3. The molecule has 4 rings (SSSR count). The highest BCUT2D eigenvalue weighted by atomic mass is 16.3. The Bertz CT molecular complexity index is 990. The number of aromatic hydroxyl groups is 1. The molecule has 4 aromatic rings. The fraction of sp³-hybridized carbons (Fsp3) is 0.0526. The molecule has 0 aliphatic rings. The molecule has 23 heavy (non-hydrogen) atoms. The van der Waals surface area contributed by atoms with Crippen LogP contribution in [0.25, 0.3) is 33.2 Å². The topological polar surface area (TPSA) is 50.9 Å². The lowest BCUT2D eigenvalue weighted by atomic mass is 9.99. The maximum atomic E-state index is 9.59. The van der Waals surface area contributed by atoms with Crippen LogP contribution in [-0.4, -0.2) is 19.9 Å². The van der Waals surface area contributed by atoms with Crippen LogP contribution in [0.3, 0.4) is 0 Å². The highest BCUT2D eigenvalue weighted by Gasteiger charge is 2.12. The number of fused-ring (bicyclic) bond motifs is 1. The summed E-state index contributed by atoms with van der Waals surface area (Å²) in [6.07, 6.45) is 5.57. The van der Waals surface area contributed by atoms with E-state index in [4.69, 9.17) is 0 Å². The SMILES string of the molecule is Cn1cc(-c2ccc3cc(O)ccc3c2)c(-c2ccncc2)n1. The van der Waals surface area contributed by atoms with Gasteiger partial charge >= 0.3 is 0 Å². The van der Waals surface area contributed by atoms with E-state index in [0.29, 0.717) is 0 Å². The third kappa shape index (κ3) is 2.44. The van der Waals surface area contributed by atoms with Gasteiger partial charge < -0.3 is 5.11 Å². The first-order valence-electron chi connectivity index (χ1n) is 7.38. The first-order chi connectivity index (χ1) is 11.2. The molecule has 0 aliphatic carbocycles. The van der Waals surface area contributed by atoms with Crippen LogP contribution < -0.4 is 0 Å². The van der Waals surface area contributed by atoms with E-state index in [1.54, 1.807) is 24.5 Å². The van der Waals surface area contributed by atoms with Crippen molar-refractivity contribution in [1.82, 2.24) is 14.8 Å². The third-order valence-corrected chi connectivity index (χ3v) is 3.92. The van der Waals surface area contributed by atoms with E-state index in [1.165, 1.54) is 0 Å². The van der Waals surface area contributed by atoms with Crippen LogP contribution >= 0.6 is 0 Å². The Morgan fingerprint density at radius 2 is 1.61 bits per heavy atom. The molecule has 4 nitrogen and oxygen atoms in total. The van der Waals surface area contributed by atoms with E-state index >= 15 is 0 Å². The van der Waals surface area contributed by atoms with Crippen LogP contribution in [0.15, 0.2) is 67.1 Å². The van der Waals surface area contributed by atoms with Gasteiger partial charge in [0.1, 0.15) is 11.4 Å². The monoisotopic (exact) mass is 301 g/mol. The van der Waals surface area contributed by atoms with Gasteiger partial charge in [-0.3, -0.25) is 9.67 Å². The minimum atomic E-state index is 0.282. The normalized spacial score (nSPS) is 11.0. The molecule has 0 aliphatic heterocycles. The molecular weight excluding hydrogens is 286 g/mol. The van der Waals surface area contributed by atoms with Gasteiger partial charge in [0.15, 0.2) is 0 Å². The van der Waals surface area contributed by atoms with E-state index in [-0.39, 0.29) is 5.75 Å². The van der Waals surface area contributed by atoms with Gasteiger partial charge in [-0.1, -0.05) is 18.2 Å². The molecule has 0 unspecified atom stereocenters. The average molecular weight is 301 g/mol. The van der Waals surface area contributed by atoms with Gasteiger partial charge in [-0.25, -0.2) is 0 Å². The molecule has 112 valence electrons. The zero-order valence-corrected chi connectivity index (χ0v) is 12.6. The number of hydrogen-bond donors (Lipinski definition) is 1. The number of rotatable bonds is 2. The highest BCUT2D eigenvalue weighted by Crippen LogP contribution is 2.33. The van der Waals surface area contributed by atoms with E-state index in [0.717, 1.165) is 33.2 Å². The Kier molecular flexibility index (Phi) is 3.08. The minimum Gasteiger partial charge on any atom is -0.508 e. The van der Waals surface area contributed by atoms with Crippen molar-refractivity contribution in [2.45, 2.75) is 0 Å². The predicted octanol–water partition coefficient (Wildman–Crippen LogP) is 4.01. The van der Waals surface area contributed by atoms with Crippen molar-refractivity contribution in [2.24, 2.45) is 7.05 Å². The predicted molar refractivity (Wildman–Crippen MR) is 91.0 cm³/mol. The first-order valence-corrected chi connectivity index (χ1v) is 7.38. The van der Waals surface area contributed by atoms with Crippen molar-refractivity contribution in [3.63, 3.8) is 0 Å². The first kappa shape index (κ1) is 13.5. The number of phenolic OH excluding ortho intramolecular Hbond substituents is 1. The molecule has 0 saturated carbocycles. The number of pyridine rings is 1. The Balaban J connectivity index is 1.90. The summed E-state index contributed by atoms with van der Waals surface area (Å²) in [4.78, 5) is 4.07. The molecule has 0 atom stereocenters. The quantitative estimate of drug-likeness (QED) is 0.608. The van der Waals surface area contributed by atoms with Crippen LogP contribution in [0.4, 0.5) is 0 Å². The van der Waals surface area contributed by atoms with Crippen LogP contribution in [0.1, 0.15) is 0 Å². The number of benzene rings is 2. The van der Waals surface area contributed by atoms with Gasteiger partial charge in [0.05, 0.1) is 0 Å². The lowest BCUT2D eigenvalue weighted by Crippen LogP contribution is -1.87. The van der Waals surface area contributed by atoms with E-state index in [9.17, 15) is 5.11 Å². The van der Waals surface area contributed by atoms with Crippen molar-refractivity contribution in [3.05, 3.63) is 67.1 Å². The summed E-state index contributed by atoms with van der Waals surface area (Å²) < 4.78 is 1.83. The Labute approximate surface area is 133 Å². The zero-order chi connectivity index (χ0) is 15.8. The average Bonchev–Trinajstić information content (AvgIpc) is 2.97. The molecule has 0 bridgehead atoms. The van der Waals surface area contributed by atoms with Gasteiger partial charge in [0, 0.05) is 36.8 Å². The summed E-state index contributed by atoms with van der Waals surface area (Å²) in [6, 6.07) is 15.5. The van der Waals surface area contributed by atoms with E-state index in [2.05, 4.69) is 22.2 Å². The number of nitrogens with zero attached hydrogens (tertiary/aromatic N) is 3. The van der Waals surface area contributed by atoms with Crippen LogP contribution in [0, 0.1) is 0 Å². The third-order valence-electron chi connectivity index (χ3n) is 3.92. The molecule has 1 N–H and O–H groups in total. The molecule has 2 aromatic carbocycles. The molecule has 0 saturated heterocycles. The number of aryl methyl sites for hydroxylation is 1. The van der Waals surface area contributed by atoms with E-state index in [1.807, 2.05) is 42.2 Å². The fourth-order valence-electron chi connectivity index (χ4n) is 2.82. The number of phenols is 1. The summed E-state index contributed by atoms with van der Waals surface area (Å²) in [6.45, 7) is 0. The smallest absolute Gasteiger partial charge is 0.116 e.